The molecule has 3 rings (SSSR count). The summed E-state index contributed by atoms with van der Waals surface area (Å²) >= 11 is 0. The van der Waals surface area contributed by atoms with E-state index in [9.17, 15) is 5.11 Å². The van der Waals surface area contributed by atoms with Crippen molar-refractivity contribution in [2.24, 2.45) is 17.8 Å². The second-order valence-corrected chi connectivity index (χ2v) is 6.20. The van der Waals surface area contributed by atoms with Gasteiger partial charge in [-0.15, -0.1) is 0 Å². The Balaban J connectivity index is 1.83. The Hall–Kier alpha value is -0.820. The first-order valence-electron chi connectivity index (χ1n) is 6.90. The average molecular weight is 230 g/mol. The highest BCUT2D eigenvalue weighted by molar-refractivity contribution is 5.30. The normalized spacial score (nSPS) is 33.0. The SMILES string of the molecule is Cc1cc(C)cc(C(O)C2CC3CCC2C3)c1. The van der Waals surface area contributed by atoms with Crippen LogP contribution in [0.25, 0.3) is 0 Å². The second kappa shape index (κ2) is 4.13. The minimum Gasteiger partial charge on any atom is -0.388 e. The number of aryl methyl sites for hydroxylation is 2. The fraction of sp³-hybridized carbons (Fsp3) is 0.625. The largest absolute Gasteiger partial charge is 0.388 e. The van der Waals surface area contributed by atoms with Crippen LogP contribution in [0.15, 0.2) is 18.2 Å². The van der Waals surface area contributed by atoms with Crippen LogP contribution in [0.3, 0.4) is 0 Å². The molecule has 2 aliphatic carbocycles. The van der Waals surface area contributed by atoms with Gasteiger partial charge in [-0.3, -0.25) is 0 Å². The van der Waals surface area contributed by atoms with E-state index in [-0.39, 0.29) is 6.10 Å². The zero-order chi connectivity index (χ0) is 12.0. The molecule has 1 aromatic rings. The summed E-state index contributed by atoms with van der Waals surface area (Å²) in [4.78, 5) is 0. The van der Waals surface area contributed by atoms with Gasteiger partial charge in [-0.1, -0.05) is 35.7 Å². The Labute approximate surface area is 104 Å². The highest BCUT2D eigenvalue weighted by atomic mass is 16.3. The maximum atomic E-state index is 10.6. The van der Waals surface area contributed by atoms with Gasteiger partial charge in [0.1, 0.15) is 0 Å². The van der Waals surface area contributed by atoms with Crippen LogP contribution in [0.4, 0.5) is 0 Å². The summed E-state index contributed by atoms with van der Waals surface area (Å²) in [7, 11) is 0. The summed E-state index contributed by atoms with van der Waals surface area (Å²) in [6, 6.07) is 6.49. The Morgan fingerprint density at radius 1 is 1.06 bits per heavy atom. The van der Waals surface area contributed by atoms with Crippen LogP contribution < -0.4 is 0 Å². The van der Waals surface area contributed by atoms with Gasteiger partial charge in [0.05, 0.1) is 6.10 Å². The predicted octanol–water partition coefficient (Wildman–Crippen LogP) is 3.77. The molecule has 4 unspecified atom stereocenters. The molecule has 1 heteroatoms. The van der Waals surface area contributed by atoms with Gasteiger partial charge in [-0.2, -0.15) is 0 Å². The van der Waals surface area contributed by atoms with Crippen LogP contribution in [-0.2, 0) is 0 Å². The van der Waals surface area contributed by atoms with Gasteiger partial charge >= 0.3 is 0 Å². The maximum absolute atomic E-state index is 10.6. The van der Waals surface area contributed by atoms with Crippen LogP contribution in [0.5, 0.6) is 0 Å². The zero-order valence-electron chi connectivity index (χ0n) is 10.8. The number of hydrogen-bond donors (Lipinski definition) is 1. The summed E-state index contributed by atoms with van der Waals surface area (Å²) < 4.78 is 0. The molecule has 0 amide bonds. The molecule has 2 aliphatic rings. The number of benzene rings is 1. The summed E-state index contributed by atoms with van der Waals surface area (Å²) in [6.07, 6.45) is 5.13. The highest BCUT2D eigenvalue weighted by Crippen LogP contribution is 2.52. The molecule has 0 spiro atoms. The molecule has 4 atom stereocenters. The van der Waals surface area contributed by atoms with Gasteiger partial charge in [0, 0.05) is 0 Å². The molecule has 2 bridgehead atoms. The maximum Gasteiger partial charge on any atom is 0.0821 e. The van der Waals surface area contributed by atoms with E-state index in [0.29, 0.717) is 5.92 Å². The van der Waals surface area contributed by atoms with E-state index in [1.165, 1.54) is 36.8 Å². The number of rotatable bonds is 2. The monoisotopic (exact) mass is 230 g/mol. The van der Waals surface area contributed by atoms with E-state index in [4.69, 9.17) is 0 Å². The van der Waals surface area contributed by atoms with Crippen LogP contribution in [0, 0.1) is 31.6 Å². The van der Waals surface area contributed by atoms with Crippen molar-refractivity contribution in [2.45, 2.75) is 45.6 Å². The lowest BCUT2D eigenvalue weighted by Gasteiger charge is -2.27. The minimum atomic E-state index is -0.233. The lowest BCUT2D eigenvalue weighted by molar-refractivity contribution is 0.0744. The summed E-state index contributed by atoms with van der Waals surface area (Å²) in [5.41, 5.74) is 3.67. The van der Waals surface area contributed by atoms with Gasteiger partial charge in [0.2, 0.25) is 0 Å². The lowest BCUT2D eigenvalue weighted by atomic mass is 9.81. The van der Waals surface area contributed by atoms with Crippen LogP contribution in [0.1, 0.15) is 48.5 Å². The molecule has 0 radical (unpaired) electrons. The van der Waals surface area contributed by atoms with E-state index >= 15 is 0 Å². The highest BCUT2D eigenvalue weighted by Gasteiger charge is 2.42. The van der Waals surface area contributed by atoms with Crippen LogP contribution in [0.2, 0.25) is 0 Å². The molecule has 17 heavy (non-hydrogen) atoms. The fourth-order valence-electron chi connectivity index (χ4n) is 4.11. The molecule has 1 aromatic carbocycles. The first kappa shape index (κ1) is 11.3. The predicted molar refractivity (Wildman–Crippen MR) is 69.8 cm³/mol. The van der Waals surface area contributed by atoms with Crippen molar-refractivity contribution in [3.05, 3.63) is 34.9 Å². The van der Waals surface area contributed by atoms with E-state index in [1.807, 2.05) is 0 Å². The molecule has 0 heterocycles. The molecule has 2 saturated carbocycles. The van der Waals surface area contributed by atoms with E-state index in [2.05, 4.69) is 32.0 Å². The number of hydrogen-bond acceptors (Lipinski definition) is 1. The molecule has 0 aromatic heterocycles. The quantitative estimate of drug-likeness (QED) is 0.820. The van der Waals surface area contributed by atoms with Gasteiger partial charge in [-0.25, -0.2) is 0 Å². The van der Waals surface area contributed by atoms with Gasteiger partial charge in [-0.05, 0) is 56.4 Å². The molecule has 92 valence electrons. The number of fused-ring (bicyclic) bond motifs is 2. The molecule has 1 nitrogen and oxygen atoms in total. The summed E-state index contributed by atoms with van der Waals surface area (Å²) in [6.45, 7) is 4.23. The van der Waals surface area contributed by atoms with Gasteiger partial charge < -0.3 is 5.11 Å². The van der Waals surface area contributed by atoms with Gasteiger partial charge in [0.25, 0.3) is 0 Å². The van der Waals surface area contributed by atoms with Crippen LogP contribution in [-0.4, -0.2) is 5.11 Å². The minimum absolute atomic E-state index is 0.233. The van der Waals surface area contributed by atoms with E-state index < -0.39 is 0 Å². The van der Waals surface area contributed by atoms with Crippen LogP contribution >= 0.6 is 0 Å². The van der Waals surface area contributed by atoms with Crippen molar-refractivity contribution in [3.63, 3.8) is 0 Å². The Morgan fingerprint density at radius 3 is 2.29 bits per heavy atom. The average Bonchev–Trinajstić information content (AvgIpc) is 2.88. The molecular weight excluding hydrogens is 208 g/mol. The van der Waals surface area contributed by atoms with Crippen molar-refractivity contribution in [1.29, 1.82) is 0 Å². The third-order valence-electron chi connectivity index (χ3n) is 4.78. The topological polar surface area (TPSA) is 20.2 Å². The first-order valence-corrected chi connectivity index (χ1v) is 6.90. The molecule has 1 N–H and O–H groups in total. The standard InChI is InChI=1S/C16H22O/c1-10-5-11(2)7-14(6-10)16(17)15-9-12-3-4-13(15)8-12/h5-7,12-13,15-17H,3-4,8-9H2,1-2H3. The van der Waals surface area contributed by atoms with Crippen molar-refractivity contribution >= 4 is 0 Å². The third kappa shape index (κ3) is 2.01. The molecule has 2 fully saturated rings. The Kier molecular flexibility index (Phi) is 2.74. The second-order valence-electron chi connectivity index (χ2n) is 6.20. The third-order valence-corrected chi connectivity index (χ3v) is 4.78. The lowest BCUT2D eigenvalue weighted by Crippen LogP contribution is -2.19. The zero-order valence-corrected chi connectivity index (χ0v) is 10.8. The molecular formula is C16H22O. The van der Waals surface area contributed by atoms with Gasteiger partial charge in [0.15, 0.2) is 0 Å². The number of aliphatic hydroxyl groups excluding tert-OH is 1. The summed E-state index contributed by atoms with van der Waals surface area (Å²) in [5.74, 6) is 2.22. The van der Waals surface area contributed by atoms with Crippen molar-refractivity contribution < 1.29 is 5.11 Å². The Bertz CT molecular complexity index is 403. The smallest absolute Gasteiger partial charge is 0.0821 e. The Morgan fingerprint density at radius 2 is 1.76 bits per heavy atom. The van der Waals surface area contributed by atoms with Crippen molar-refractivity contribution in [2.75, 3.05) is 0 Å². The summed E-state index contributed by atoms with van der Waals surface area (Å²) in [5, 5.41) is 10.6. The molecule has 0 aliphatic heterocycles. The van der Waals surface area contributed by atoms with E-state index in [1.54, 1.807) is 0 Å². The fourth-order valence-corrected chi connectivity index (χ4v) is 4.11. The first-order chi connectivity index (χ1) is 8.13. The van der Waals surface area contributed by atoms with E-state index in [0.717, 1.165) is 17.4 Å². The molecule has 0 saturated heterocycles. The van der Waals surface area contributed by atoms with Crippen molar-refractivity contribution in [1.82, 2.24) is 0 Å². The number of aliphatic hydroxyl groups is 1. The van der Waals surface area contributed by atoms with Crippen molar-refractivity contribution in [3.8, 4) is 0 Å².